The lowest BCUT2D eigenvalue weighted by molar-refractivity contribution is 0.437. The summed E-state index contributed by atoms with van der Waals surface area (Å²) in [5.41, 5.74) is 0.270. The molecule has 0 saturated carbocycles. The first-order chi connectivity index (χ1) is 6.77. The molecule has 1 aliphatic rings. The Morgan fingerprint density at radius 2 is 2.00 bits per heavy atom. The average Bonchev–Trinajstić information content (AvgIpc) is 2.19. The predicted octanol–water partition coefficient (Wildman–Crippen LogP) is 0.981. The van der Waals surface area contributed by atoms with E-state index in [1.54, 1.807) is 6.07 Å². The highest BCUT2D eigenvalue weighted by Crippen LogP contribution is 2.25. The van der Waals surface area contributed by atoms with Gasteiger partial charge in [0.1, 0.15) is 0 Å². The third-order valence-electron chi connectivity index (χ3n) is 2.68. The Bertz CT molecular complexity index is 369. The highest BCUT2D eigenvalue weighted by Gasteiger charge is 2.18. The van der Waals surface area contributed by atoms with Crippen LogP contribution in [0.2, 0.25) is 0 Å². The summed E-state index contributed by atoms with van der Waals surface area (Å²) in [6.07, 6.45) is 1.87. The molecule has 0 bridgehead atoms. The average molecular weight is 196 g/mol. The number of rotatable bonds is 1. The van der Waals surface area contributed by atoms with Crippen molar-refractivity contribution >= 4 is 0 Å². The molecule has 0 aromatic carbocycles. The molecule has 1 fully saturated rings. The van der Waals surface area contributed by atoms with Crippen LogP contribution in [0.1, 0.15) is 24.3 Å². The van der Waals surface area contributed by atoms with Gasteiger partial charge in [-0.05, 0) is 37.9 Å². The van der Waals surface area contributed by atoms with Crippen LogP contribution in [0.5, 0.6) is 0 Å². The van der Waals surface area contributed by atoms with Gasteiger partial charge in [0.25, 0.3) is 0 Å². The quantitative estimate of drug-likeness (QED) is 0.658. The number of aromatic nitrogens is 1. The zero-order chi connectivity index (χ0) is 9.97. The maximum atomic E-state index is 13.4. The second-order valence-electron chi connectivity index (χ2n) is 3.62. The van der Waals surface area contributed by atoms with E-state index < -0.39 is 5.95 Å². The van der Waals surface area contributed by atoms with Gasteiger partial charge in [-0.2, -0.15) is 4.39 Å². The van der Waals surface area contributed by atoms with Crippen LogP contribution in [-0.4, -0.2) is 18.1 Å². The lowest BCUT2D eigenvalue weighted by Crippen LogP contribution is -2.27. The molecule has 76 valence electrons. The van der Waals surface area contributed by atoms with Gasteiger partial charge in [0.2, 0.25) is 5.56 Å². The molecule has 1 aromatic rings. The lowest BCUT2D eigenvalue weighted by atomic mass is 9.91. The van der Waals surface area contributed by atoms with Crippen molar-refractivity contribution in [3.05, 3.63) is 34.0 Å². The van der Waals surface area contributed by atoms with Crippen LogP contribution >= 0.6 is 0 Å². The van der Waals surface area contributed by atoms with Crippen molar-refractivity contribution in [3.63, 3.8) is 0 Å². The monoisotopic (exact) mass is 196 g/mol. The molecule has 0 spiro atoms. The standard InChI is InChI=1S/C10H13FN2O/c11-10-8(1-2-9(14)13-10)7-3-5-12-6-4-7/h1-2,7,12H,3-6H2,(H,13,14). The Labute approximate surface area is 81.3 Å². The summed E-state index contributed by atoms with van der Waals surface area (Å²) in [5.74, 6) is -0.225. The van der Waals surface area contributed by atoms with Crippen molar-refractivity contribution in [3.8, 4) is 0 Å². The molecule has 0 aliphatic carbocycles. The number of piperidine rings is 1. The van der Waals surface area contributed by atoms with Gasteiger partial charge in [0.05, 0.1) is 0 Å². The van der Waals surface area contributed by atoms with Crippen molar-refractivity contribution in [1.29, 1.82) is 0 Å². The molecule has 0 radical (unpaired) electrons. The summed E-state index contributed by atoms with van der Waals surface area (Å²) in [4.78, 5) is 13.0. The van der Waals surface area contributed by atoms with E-state index in [1.165, 1.54) is 6.07 Å². The van der Waals surface area contributed by atoms with Crippen molar-refractivity contribution in [2.75, 3.05) is 13.1 Å². The smallest absolute Gasteiger partial charge is 0.250 e. The van der Waals surface area contributed by atoms with Crippen molar-refractivity contribution in [2.24, 2.45) is 0 Å². The molecule has 1 aromatic heterocycles. The third kappa shape index (κ3) is 1.85. The van der Waals surface area contributed by atoms with Gasteiger partial charge < -0.3 is 5.32 Å². The predicted molar refractivity (Wildman–Crippen MR) is 51.9 cm³/mol. The largest absolute Gasteiger partial charge is 0.317 e. The molecule has 0 atom stereocenters. The molecule has 0 amide bonds. The first-order valence-corrected chi connectivity index (χ1v) is 4.87. The second kappa shape index (κ2) is 3.92. The SMILES string of the molecule is O=c1ccc(C2CCNCC2)c(F)[nH]1. The van der Waals surface area contributed by atoms with E-state index in [1.807, 2.05) is 0 Å². The molecule has 1 saturated heterocycles. The molecule has 2 heterocycles. The van der Waals surface area contributed by atoms with E-state index in [-0.39, 0.29) is 11.5 Å². The van der Waals surface area contributed by atoms with E-state index in [2.05, 4.69) is 10.3 Å². The fraction of sp³-hybridized carbons (Fsp3) is 0.500. The van der Waals surface area contributed by atoms with Crippen LogP contribution in [0.4, 0.5) is 4.39 Å². The number of pyridine rings is 1. The van der Waals surface area contributed by atoms with Crippen LogP contribution in [0.3, 0.4) is 0 Å². The molecule has 3 nitrogen and oxygen atoms in total. The molecule has 1 aliphatic heterocycles. The van der Waals surface area contributed by atoms with Gasteiger partial charge in [-0.1, -0.05) is 0 Å². The van der Waals surface area contributed by atoms with Gasteiger partial charge in [-0.25, -0.2) is 0 Å². The summed E-state index contributed by atoms with van der Waals surface area (Å²) in [7, 11) is 0. The minimum absolute atomic E-state index is 0.244. The number of aromatic amines is 1. The Hall–Kier alpha value is -1.16. The van der Waals surface area contributed by atoms with Crippen molar-refractivity contribution in [1.82, 2.24) is 10.3 Å². The zero-order valence-electron chi connectivity index (χ0n) is 7.85. The first-order valence-electron chi connectivity index (χ1n) is 4.87. The molecular weight excluding hydrogens is 183 g/mol. The lowest BCUT2D eigenvalue weighted by Gasteiger charge is -2.22. The number of hydrogen-bond donors (Lipinski definition) is 2. The highest BCUT2D eigenvalue weighted by atomic mass is 19.1. The normalized spacial score (nSPS) is 18.4. The minimum atomic E-state index is -0.468. The molecule has 14 heavy (non-hydrogen) atoms. The van der Waals surface area contributed by atoms with Crippen LogP contribution in [-0.2, 0) is 0 Å². The van der Waals surface area contributed by atoms with Crippen LogP contribution < -0.4 is 10.9 Å². The topological polar surface area (TPSA) is 44.9 Å². The van der Waals surface area contributed by atoms with Gasteiger partial charge in [-0.15, -0.1) is 0 Å². The van der Waals surface area contributed by atoms with E-state index in [9.17, 15) is 9.18 Å². The maximum Gasteiger partial charge on any atom is 0.250 e. The summed E-state index contributed by atoms with van der Waals surface area (Å²) >= 11 is 0. The minimum Gasteiger partial charge on any atom is -0.317 e. The van der Waals surface area contributed by atoms with Gasteiger partial charge in [-0.3, -0.25) is 9.78 Å². The Morgan fingerprint density at radius 3 is 2.64 bits per heavy atom. The van der Waals surface area contributed by atoms with Gasteiger partial charge in [0.15, 0.2) is 5.95 Å². The Kier molecular flexibility index (Phi) is 2.63. The van der Waals surface area contributed by atoms with Crippen molar-refractivity contribution < 1.29 is 4.39 Å². The van der Waals surface area contributed by atoms with E-state index >= 15 is 0 Å². The summed E-state index contributed by atoms with van der Waals surface area (Å²) in [5, 5.41) is 3.22. The zero-order valence-corrected chi connectivity index (χ0v) is 7.85. The number of halogens is 1. The third-order valence-corrected chi connectivity index (χ3v) is 2.68. The molecule has 2 rings (SSSR count). The number of hydrogen-bond acceptors (Lipinski definition) is 2. The van der Waals surface area contributed by atoms with Crippen LogP contribution in [0.25, 0.3) is 0 Å². The fourth-order valence-corrected chi connectivity index (χ4v) is 1.91. The molecule has 4 heteroatoms. The van der Waals surface area contributed by atoms with Crippen LogP contribution in [0.15, 0.2) is 16.9 Å². The highest BCUT2D eigenvalue weighted by molar-refractivity contribution is 5.17. The number of nitrogens with one attached hydrogen (secondary N) is 2. The van der Waals surface area contributed by atoms with E-state index in [0.29, 0.717) is 5.56 Å². The molecular formula is C10H13FN2O. The summed E-state index contributed by atoms with van der Waals surface area (Å²) in [6, 6.07) is 2.99. The summed E-state index contributed by atoms with van der Waals surface area (Å²) < 4.78 is 13.4. The second-order valence-corrected chi connectivity index (χ2v) is 3.62. The summed E-state index contributed by atoms with van der Waals surface area (Å²) in [6.45, 7) is 1.84. The molecule has 2 N–H and O–H groups in total. The Balaban J connectivity index is 2.26. The van der Waals surface area contributed by atoms with Gasteiger partial charge in [0, 0.05) is 11.6 Å². The van der Waals surface area contributed by atoms with E-state index in [4.69, 9.17) is 0 Å². The maximum absolute atomic E-state index is 13.4. The Morgan fingerprint density at radius 1 is 1.29 bits per heavy atom. The fourth-order valence-electron chi connectivity index (χ4n) is 1.91. The van der Waals surface area contributed by atoms with Crippen LogP contribution in [0, 0.1) is 5.95 Å². The number of H-pyrrole nitrogens is 1. The van der Waals surface area contributed by atoms with E-state index in [0.717, 1.165) is 25.9 Å². The van der Waals surface area contributed by atoms with Gasteiger partial charge >= 0.3 is 0 Å². The molecule has 0 unspecified atom stereocenters. The first kappa shape index (κ1) is 9.40. The van der Waals surface area contributed by atoms with Crippen molar-refractivity contribution in [2.45, 2.75) is 18.8 Å².